The number of unbranched alkanes of at least 4 members (excludes halogenated alkanes) is 1. The molecule has 1 spiro atoms. The lowest BCUT2D eigenvalue weighted by Crippen LogP contribution is -2.52. The zero-order valence-corrected chi connectivity index (χ0v) is 16.0. The minimum Gasteiger partial charge on any atom is -0.372 e. The Kier molecular flexibility index (Phi) is 5.97. The fraction of sp³-hybridized carbons (Fsp3) is 0.619. The summed E-state index contributed by atoms with van der Waals surface area (Å²) in [6.45, 7) is 4.65. The van der Waals surface area contributed by atoms with E-state index in [4.69, 9.17) is 4.74 Å². The monoisotopic (exact) mass is 358 g/mol. The summed E-state index contributed by atoms with van der Waals surface area (Å²) in [5.74, 6) is 0.239. The molecule has 26 heavy (non-hydrogen) atoms. The fourth-order valence-corrected chi connectivity index (χ4v) is 3.91. The van der Waals surface area contributed by atoms with Crippen LogP contribution in [0, 0.1) is 0 Å². The number of likely N-dealkylation sites (tertiary alicyclic amines) is 1. The maximum atomic E-state index is 12.8. The first-order valence-corrected chi connectivity index (χ1v) is 9.79. The first-order chi connectivity index (χ1) is 12.5. The number of amides is 2. The number of hydrogen-bond donors (Lipinski definition) is 0. The van der Waals surface area contributed by atoms with E-state index in [2.05, 4.69) is 19.1 Å². The average molecular weight is 358 g/mol. The first kappa shape index (κ1) is 18.9. The number of likely N-dealkylation sites (N-methyl/N-ethyl adjacent to an activating group) is 1. The van der Waals surface area contributed by atoms with Gasteiger partial charge in [0.25, 0.3) is 5.91 Å². The topological polar surface area (TPSA) is 49.9 Å². The molecule has 5 nitrogen and oxygen atoms in total. The number of nitrogens with zero attached hydrogens (tertiary/aromatic N) is 2. The molecule has 2 saturated heterocycles. The number of hydrogen-bond acceptors (Lipinski definition) is 3. The summed E-state index contributed by atoms with van der Waals surface area (Å²) >= 11 is 0. The van der Waals surface area contributed by atoms with E-state index in [1.54, 1.807) is 4.90 Å². The van der Waals surface area contributed by atoms with Crippen molar-refractivity contribution in [1.29, 1.82) is 0 Å². The molecular formula is C21H30N2O3. The molecule has 0 unspecified atom stereocenters. The van der Waals surface area contributed by atoms with Gasteiger partial charge >= 0.3 is 0 Å². The van der Waals surface area contributed by atoms with Crippen molar-refractivity contribution in [2.45, 2.75) is 51.0 Å². The van der Waals surface area contributed by atoms with Crippen molar-refractivity contribution < 1.29 is 14.3 Å². The molecule has 2 amide bonds. The van der Waals surface area contributed by atoms with Gasteiger partial charge in [0.2, 0.25) is 5.91 Å². The summed E-state index contributed by atoms with van der Waals surface area (Å²) in [4.78, 5) is 28.4. The van der Waals surface area contributed by atoms with Gasteiger partial charge in [-0.3, -0.25) is 9.59 Å². The minimum absolute atomic E-state index is 0.0972. The first-order valence-electron chi connectivity index (χ1n) is 9.79. The zero-order valence-electron chi connectivity index (χ0n) is 16.0. The third-order valence-corrected chi connectivity index (χ3v) is 5.66. The van der Waals surface area contributed by atoms with E-state index in [1.165, 1.54) is 18.4 Å². The van der Waals surface area contributed by atoms with Crippen LogP contribution < -0.4 is 0 Å². The molecule has 0 N–H and O–H groups in total. The number of aryl methyl sites for hydroxylation is 1. The highest BCUT2D eigenvalue weighted by Crippen LogP contribution is 2.30. The molecule has 0 bridgehead atoms. The molecular weight excluding hydrogens is 328 g/mol. The lowest BCUT2D eigenvalue weighted by atomic mass is 9.90. The summed E-state index contributed by atoms with van der Waals surface area (Å²) < 4.78 is 6.06. The number of carbonyl (C=O) groups excluding carboxylic acids is 2. The molecule has 2 aliphatic heterocycles. The number of ether oxygens (including phenoxy) is 1. The second kappa shape index (κ2) is 8.21. The van der Waals surface area contributed by atoms with E-state index in [9.17, 15) is 9.59 Å². The minimum atomic E-state index is -0.290. The molecule has 0 aliphatic carbocycles. The van der Waals surface area contributed by atoms with Crippen LogP contribution in [0.2, 0.25) is 0 Å². The Hall–Kier alpha value is -1.88. The van der Waals surface area contributed by atoms with Crippen molar-refractivity contribution in [3.8, 4) is 0 Å². The zero-order chi connectivity index (χ0) is 18.6. The smallest absolute Gasteiger partial charge is 0.253 e. The van der Waals surface area contributed by atoms with Gasteiger partial charge in [-0.05, 0) is 43.4 Å². The Morgan fingerprint density at radius 2 is 1.88 bits per heavy atom. The fourth-order valence-electron chi connectivity index (χ4n) is 3.91. The highest BCUT2D eigenvalue weighted by Gasteiger charge is 2.40. The number of carbonyl (C=O) groups is 2. The Morgan fingerprint density at radius 1 is 1.19 bits per heavy atom. The van der Waals surface area contributed by atoms with Crippen LogP contribution in [-0.2, 0) is 16.0 Å². The summed E-state index contributed by atoms with van der Waals surface area (Å²) in [5.41, 5.74) is 1.76. The van der Waals surface area contributed by atoms with E-state index in [1.807, 2.05) is 24.1 Å². The maximum Gasteiger partial charge on any atom is 0.253 e. The molecule has 0 atom stereocenters. The molecule has 142 valence electrons. The van der Waals surface area contributed by atoms with Crippen LogP contribution in [0.1, 0.15) is 54.9 Å². The molecule has 0 radical (unpaired) electrons. The Balaban J connectivity index is 1.59. The number of rotatable bonds is 4. The van der Waals surface area contributed by atoms with E-state index >= 15 is 0 Å². The standard InChI is InChI=1S/C21H30N2O3/c1-3-4-5-17-6-8-18(9-7-17)20(25)23-13-11-21(12-14-23)16-22(2)19(24)10-15-26-21/h6-9H,3-5,10-16H2,1-2H3. The molecule has 5 heteroatoms. The van der Waals surface area contributed by atoms with Crippen molar-refractivity contribution in [2.75, 3.05) is 33.3 Å². The molecule has 0 saturated carbocycles. The van der Waals surface area contributed by atoms with Gasteiger partial charge in [-0.2, -0.15) is 0 Å². The summed E-state index contributed by atoms with van der Waals surface area (Å²) in [5, 5.41) is 0. The van der Waals surface area contributed by atoms with E-state index in [-0.39, 0.29) is 17.4 Å². The van der Waals surface area contributed by atoms with Gasteiger partial charge in [-0.15, -0.1) is 0 Å². The van der Waals surface area contributed by atoms with Crippen LogP contribution in [0.5, 0.6) is 0 Å². The maximum absolute atomic E-state index is 12.8. The molecule has 3 rings (SSSR count). The summed E-state index contributed by atoms with van der Waals surface area (Å²) in [7, 11) is 1.84. The van der Waals surface area contributed by atoms with Crippen molar-refractivity contribution in [3.05, 3.63) is 35.4 Å². The molecule has 1 aromatic rings. The second-order valence-electron chi connectivity index (χ2n) is 7.62. The van der Waals surface area contributed by atoms with Gasteiger partial charge in [0, 0.05) is 32.2 Å². The normalized spacial score (nSPS) is 20.3. The summed E-state index contributed by atoms with van der Waals surface area (Å²) in [6, 6.07) is 8.05. The van der Waals surface area contributed by atoms with E-state index in [0.29, 0.717) is 32.7 Å². The SMILES string of the molecule is CCCCc1ccc(C(=O)N2CCC3(CC2)CN(C)C(=O)CCO3)cc1. The van der Waals surface area contributed by atoms with Crippen LogP contribution in [-0.4, -0.2) is 60.5 Å². The molecule has 1 aromatic carbocycles. The third kappa shape index (κ3) is 4.26. The highest BCUT2D eigenvalue weighted by molar-refractivity contribution is 5.94. The Bertz CT molecular complexity index is 633. The Labute approximate surface area is 156 Å². The Morgan fingerprint density at radius 3 is 2.54 bits per heavy atom. The summed E-state index contributed by atoms with van der Waals surface area (Å²) in [6.07, 6.45) is 5.44. The van der Waals surface area contributed by atoms with Crippen molar-refractivity contribution in [1.82, 2.24) is 9.80 Å². The third-order valence-electron chi connectivity index (χ3n) is 5.66. The quantitative estimate of drug-likeness (QED) is 0.832. The second-order valence-corrected chi connectivity index (χ2v) is 7.62. The molecule has 2 fully saturated rings. The van der Waals surface area contributed by atoms with Crippen LogP contribution in [0.15, 0.2) is 24.3 Å². The van der Waals surface area contributed by atoms with Crippen LogP contribution in [0.3, 0.4) is 0 Å². The number of benzene rings is 1. The van der Waals surface area contributed by atoms with Crippen LogP contribution in [0.25, 0.3) is 0 Å². The van der Waals surface area contributed by atoms with Gasteiger partial charge in [0.1, 0.15) is 0 Å². The van der Waals surface area contributed by atoms with Gasteiger partial charge in [0.15, 0.2) is 0 Å². The van der Waals surface area contributed by atoms with E-state index < -0.39 is 0 Å². The van der Waals surface area contributed by atoms with Crippen molar-refractivity contribution >= 4 is 11.8 Å². The van der Waals surface area contributed by atoms with Crippen molar-refractivity contribution in [2.24, 2.45) is 0 Å². The van der Waals surface area contributed by atoms with Gasteiger partial charge < -0.3 is 14.5 Å². The number of piperidine rings is 1. The van der Waals surface area contributed by atoms with Gasteiger partial charge in [-0.25, -0.2) is 0 Å². The van der Waals surface area contributed by atoms with Crippen molar-refractivity contribution in [3.63, 3.8) is 0 Å². The van der Waals surface area contributed by atoms with Crippen LogP contribution >= 0.6 is 0 Å². The predicted molar refractivity (Wildman–Crippen MR) is 101 cm³/mol. The molecule has 0 aromatic heterocycles. The highest BCUT2D eigenvalue weighted by atomic mass is 16.5. The molecule has 2 heterocycles. The largest absolute Gasteiger partial charge is 0.372 e. The predicted octanol–water partition coefficient (Wildman–Crippen LogP) is 2.88. The van der Waals surface area contributed by atoms with Gasteiger partial charge in [0.05, 0.1) is 18.6 Å². The molecule has 2 aliphatic rings. The van der Waals surface area contributed by atoms with Gasteiger partial charge in [-0.1, -0.05) is 25.5 Å². The van der Waals surface area contributed by atoms with E-state index in [0.717, 1.165) is 24.8 Å². The average Bonchev–Trinajstić information content (AvgIpc) is 2.79. The lowest BCUT2D eigenvalue weighted by Gasteiger charge is -2.42. The van der Waals surface area contributed by atoms with Crippen LogP contribution in [0.4, 0.5) is 0 Å². The lowest BCUT2D eigenvalue weighted by molar-refractivity contribution is -0.130.